The van der Waals surface area contributed by atoms with E-state index in [9.17, 15) is 4.39 Å². The summed E-state index contributed by atoms with van der Waals surface area (Å²) in [5.74, 6) is 0.761. The van der Waals surface area contributed by atoms with Gasteiger partial charge in [-0.1, -0.05) is 0 Å². The highest BCUT2D eigenvalue weighted by atomic mass is 79.9. The number of pyridine rings is 2. The molecule has 1 saturated heterocycles. The molecule has 4 nitrogen and oxygen atoms in total. The van der Waals surface area contributed by atoms with Crippen LogP contribution in [0.1, 0.15) is 12.5 Å². The molecule has 6 heteroatoms. The highest BCUT2D eigenvalue weighted by Crippen LogP contribution is 2.20. The van der Waals surface area contributed by atoms with Crippen LogP contribution >= 0.6 is 15.9 Å². The van der Waals surface area contributed by atoms with Crippen molar-refractivity contribution in [1.29, 1.82) is 0 Å². The number of aromatic nitrogens is 2. The van der Waals surface area contributed by atoms with Crippen molar-refractivity contribution in [2.45, 2.75) is 19.5 Å². The lowest BCUT2D eigenvalue weighted by Crippen LogP contribution is -2.51. The first kappa shape index (κ1) is 15.4. The molecule has 1 fully saturated rings. The van der Waals surface area contributed by atoms with Crippen LogP contribution in [0.3, 0.4) is 0 Å². The number of anilines is 1. The highest BCUT2D eigenvalue weighted by molar-refractivity contribution is 9.10. The number of hydrogen-bond acceptors (Lipinski definition) is 4. The maximum Gasteiger partial charge on any atom is 0.145 e. The van der Waals surface area contributed by atoms with Crippen LogP contribution < -0.4 is 4.90 Å². The first-order valence-corrected chi connectivity index (χ1v) is 8.12. The Morgan fingerprint density at radius 3 is 2.82 bits per heavy atom. The van der Waals surface area contributed by atoms with Gasteiger partial charge in [-0.2, -0.15) is 0 Å². The molecule has 0 amide bonds. The van der Waals surface area contributed by atoms with Gasteiger partial charge in [0.05, 0.1) is 6.20 Å². The number of rotatable bonds is 3. The smallest absolute Gasteiger partial charge is 0.145 e. The first-order chi connectivity index (χ1) is 10.6. The summed E-state index contributed by atoms with van der Waals surface area (Å²) in [6.45, 7) is 5.47. The van der Waals surface area contributed by atoms with Crippen molar-refractivity contribution < 1.29 is 4.39 Å². The fourth-order valence-corrected chi connectivity index (χ4v) is 2.98. The molecule has 3 rings (SSSR count). The molecular weight excluding hydrogens is 347 g/mol. The number of hydrogen-bond donors (Lipinski definition) is 0. The zero-order valence-electron chi connectivity index (χ0n) is 12.4. The summed E-state index contributed by atoms with van der Waals surface area (Å²) in [4.78, 5) is 12.8. The molecule has 0 spiro atoms. The molecule has 1 atom stereocenters. The van der Waals surface area contributed by atoms with Crippen molar-refractivity contribution in [1.82, 2.24) is 14.9 Å². The summed E-state index contributed by atoms with van der Waals surface area (Å²) < 4.78 is 14.7. The van der Waals surface area contributed by atoms with Gasteiger partial charge in [0, 0.05) is 54.7 Å². The van der Waals surface area contributed by atoms with Crippen LogP contribution in [-0.2, 0) is 6.54 Å². The Hall–Kier alpha value is -1.53. The van der Waals surface area contributed by atoms with E-state index in [1.165, 1.54) is 6.20 Å². The third-order valence-electron chi connectivity index (χ3n) is 4.03. The SMILES string of the molecule is CC1CN(c2ccc(Br)cn2)CCN1Cc1ccncc1F. The van der Waals surface area contributed by atoms with Gasteiger partial charge in [0.1, 0.15) is 11.6 Å². The van der Waals surface area contributed by atoms with Crippen molar-refractivity contribution in [2.24, 2.45) is 0 Å². The van der Waals surface area contributed by atoms with Crippen LogP contribution in [0.25, 0.3) is 0 Å². The second-order valence-electron chi connectivity index (χ2n) is 5.57. The molecule has 0 aliphatic carbocycles. The number of nitrogens with zero attached hydrogens (tertiary/aromatic N) is 4. The molecule has 3 heterocycles. The van der Waals surface area contributed by atoms with Gasteiger partial charge in [-0.05, 0) is 41.1 Å². The van der Waals surface area contributed by atoms with Gasteiger partial charge in [-0.25, -0.2) is 9.37 Å². The van der Waals surface area contributed by atoms with Gasteiger partial charge in [-0.15, -0.1) is 0 Å². The monoisotopic (exact) mass is 364 g/mol. The summed E-state index contributed by atoms with van der Waals surface area (Å²) in [5, 5.41) is 0. The van der Waals surface area contributed by atoms with Crippen molar-refractivity contribution in [2.75, 3.05) is 24.5 Å². The fourth-order valence-electron chi connectivity index (χ4n) is 2.74. The van der Waals surface area contributed by atoms with Crippen molar-refractivity contribution >= 4 is 21.7 Å². The number of piperazine rings is 1. The Labute approximate surface area is 138 Å². The van der Waals surface area contributed by atoms with Gasteiger partial charge in [0.15, 0.2) is 0 Å². The van der Waals surface area contributed by atoms with Crippen LogP contribution in [0.5, 0.6) is 0 Å². The van der Waals surface area contributed by atoms with Crippen molar-refractivity contribution in [3.05, 3.63) is 52.6 Å². The standard InChI is InChI=1S/C16H18BrFN4/c1-12-10-22(16-3-2-14(17)8-20-16)7-6-21(12)11-13-4-5-19-9-15(13)18/h2-5,8-9,12H,6-7,10-11H2,1H3. The zero-order valence-corrected chi connectivity index (χ0v) is 14.0. The molecule has 22 heavy (non-hydrogen) atoms. The molecule has 0 saturated carbocycles. The molecule has 0 bridgehead atoms. The Kier molecular flexibility index (Phi) is 4.69. The van der Waals surface area contributed by atoms with E-state index in [2.05, 4.69) is 42.6 Å². The van der Waals surface area contributed by atoms with Gasteiger partial charge in [0.2, 0.25) is 0 Å². The predicted octanol–water partition coefficient (Wildman–Crippen LogP) is 3.09. The van der Waals surface area contributed by atoms with E-state index >= 15 is 0 Å². The van der Waals surface area contributed by atoms with Crippen LogP contribution in [0, 0.1) is 5.82 Å². The maximum atomic E-state index is 13.7. The lowest BCUT2D eigenvalue weighted by molar-refractivity contribution is 0.178. The highest BCUT2D eigenvalue weighted by Gasteiger charge is 2.25. The fraction of sp³-hybridized carbons (Fsp3) is 0.375. The summed E-state index contributed by atoms with van der Waals surface area (Å²) in [6.07, 6.45) is 4.74. The zero-order chi connectivity index (χ0) is 15.5. The van der Waals surface area contributed by atoms with E-state index in [0.717, 1.165) is 29.9 Å². The molecule has 1 aliphatic rings. The third-order valence-corrected chi connectivity index (χ3v) is 4.50. The van der Waals surface area contributed by atoms with Crippen LogP contribution in [0.15, 0.2) is 41.3 Å². The largest absolute Gasteiger partial charge is 0.354 e. The Morgan fingerprint density at radius 2 is 2.14 bits per heavy atom. The van der Waals surface area contributed by atoms with E-state index in [-0.39, 0.29) is 5.82 Å². The maximum absolute atomic E-state index is 13.7. The topological polar surface area (TPSA) is 32.3 Å². The van der Waals surface area contributed by atoms with Crippen molar-refractivity contribution in [3.8, 4) is 0 Å². The van der Waals surface area contributed by atoms with E-state index in [1.54, 1.807) is 12.3 Å². The summed E-state index contributed by atoms with van der Waals surface area (Å²) in [5.41, 5.74) is 0.706. The van der Waals surface area contributed by atoms with Crippen molar-refractivity contribution in [3.63, 3.8) is 0 Å². The molecular formula is C16H18BrFN4. The quantitative estimate of drug-likeness (QED) is 0.837. The van der Waals surface area contributed by atoms with Gasteiger partial charge in [0.25, 0.3) is 0 Å². The molecule has 1 aliphatic heterocycles. The van der Waals surface area contributed by atoms with E-state index in [4.69, 9.17) is 0 Å². The van der Waals surface area contributed by atoms with Gasteiger partial charge >= 0.3 is 0 Å². The van der Waals surface area contributed by atoms with E-state index in [1.807, 2.05) is 18.3 Å². The third kappa shape index (κ3) is 3.44. The van der Waals surface area contributed by atoms with E-state index in [0.29, 0.717) is 18.2 Å². The van der Waals surface area contributed by atoms with Crippen LogP contribution in [-0.4, -0.2) is 40.5 Å². The normalized spacial score (nSPS) is 19.4. The van der Waals surface area contributed by atoms with E-state index < -0.39 is 0 Å². The Bertz CT molecular complexity index is 634. The second kappa shape index (κ2) is 6.71. The summed E-state index contributed by atoms with van der Waals surface area (Å²) in [7, 11) is 0. The molecule has 0 radical (unpaired) electrons. The average molecular weight is 365 g/mol. The van der Waals surface area contributed by atoms with Crippen LogP contribution in [0.4, 0.5) is 10.2 Å². The molecule has 2 aromatic rings. The minimum Gasteiger partial charge on any atom is -0.354 e. The lowest BCUT2D eigenvalue weighted by atomic mass is 10.1. The lowest BCUT2D eigenvalue weighted by Gasteiger charge is -2.40. The molecule has 0 aromatic carbocycles. The van der Waals surface area contributed by atoms with Gasteiger partial charge < -0.3 is 4.90 Å². The first-order valence-electron chi connectivity index (χ1n) is 7.32. The summed E-state index contributed by atoms with van der Waals surface area (Å²) in [6, 6.07) is 6.12. The average Bonchev–Trinajstić information content (AvgIpc) is 2.52. The molecule has 1 unspecified atom stereocenters. The van der Waals surface area contributed by atoms with Crippen LogP contribution in [0.2, 0.25) is 0 Å². The molecule has 2 aromatic heterocycles. The minimum absolute atomic E-state index is 0.230. The Balaban J connectivity index is 1.65. The number of halogens is 2. The molecule has 116 valence electrons. The predicted molar refractivity (Wildman–Crippen MR) is 88.2 cm³/mol. The second-order valence-corrected chi connectivity index (χ2v) is 6.48. The summed E-state index contributed by atoms with van der Waals surface area (Å²) >= 11 is 3.40. The minimum atomic E-state index is -0.230. The van der Waals surface area contributed by atoms with Gasteiger partial charge in [-0.3, -0.25) is 9.88 Å². The molecule has 0 N–H and O–H groups in total. The Morgan fingerprint density at radius 1 is 1.27 bits per heavy atom.